The van der Waals surface area contributed by atoms with Crippen LogP contribution in [-0.2, 0) is 10.0 Å². The molecule has 0 aliphatic carbocycles. The number of aryl methyl sites for hydroxylation is 1. The summed E-state index contributed by atoms with van der Waals surface area (Å²) in [5.41, 5.74) is 0.830. The molecule has 0 aromatic heterocycles. The van der Waals surface area contributed by atoms with Gasteiger partial charge in [-0.2, -0.15) is 0 Å². The fourth-order valence-corrected chi connectivity index (χ4v) is 3.79. The highest BCUT2D eigenvalue weighted by atomic mass is 32.2. The van der Waals surface area contributed by atoms with E-state index >= 15 is 0 Å². The fraction of sp³-hybridized carbons (Fsp3) is 0.625. The van der Waals surface area contributed by atoms with E-state index in [0.29, 0.717) is 17.4 Å². The molecule has 2 N–H and O–H groups in total. The highest BCUT2D eigenvalue weighted by Gasteiger charge is 2.19. The first-order chi connectivity index (χ1) is 10.4. The second kappa shape index (κ2) is 7.44. The van der Waals surface area contributed by atoms with E-state index < -0.39 is 10.0 Å². The van der Waals surface area contributed by atoms with Gasteiger partial charge >= 0.3 is 0 Å². The Morgan fingerprint density at radius 2 is 2.18 bits per heavy atom. The molecule has 1 aromatic carbocycles. The minimum atomic E-state index is -3.46. The van der Waals surface area contributed by atoms with Crippen molar-refractivity contribution in [2.24, 2.45) is 5.92 Å². The van der Waals surface area contributed by atoms with Gasteiger partial charge in [0, 0.05) is 6.54 Å². The number of hydrogen-bond donors (Lipinski definition) is 2. The molecule has 124 valence electrons. The summed E-state index contributed by atoms with van der Waals surface area (Å²) < 4.78 is 33.1. The molecular formula is C16H26N2O3S. The Morgan fingerprint density at radius 3 is 2.77 bits per heavy atom. The van der Waals surface area contributed by atoms with Gasteiger partial charge in [0.1, 0.15) is 5.75 Å². The van der Waals surface area contributed by atoms with Crippen LogP contribution >= 0.6 is 0 Å². The van der Waals surface area contributed by atoms with E-state index in [9.17, 15) is 8.42 Å². The van der Waals surface area contributed by atoms with Gasteiger partial charge in [-0.05, 0) is 76.4 Å². The second-order valence-corrected chi connectivity index (χ2v) is 7.93. The standard InChI is InChI=1S/C16H26N2O3S/c1-12(2)21-16-7-6-15(9-13(16)3)22(19,20)18-11-14-5-4-8-17-10-14/h6-7,9,12,14,17-18H,4-5,8,10-11H2,1-3H3. The van der Waals surface area contributed by atoms with Gasteiger partial charge in [-0.25, -0.2) is 13.1 Å². The van der Waals surface area contributed by atoms with Gasteiger partial charge in [0.05, 0.1) is 11.0 Å². The largest absolute Gasteiger partial charge is 0.491 e. The monoisotopic (exact) mass is 326 g/mol. The van der Waals surface area contributed by atoms with Crippen molar-refractivity contribution in [3.05, 3.63) is 23.8 Å². The number of hydrogen-bond acceptors (Lipinski definition) is 4. The summed E-state index contributed by atoms with van der Waals surface area (Å²) in [6, 6.07) is 5.00. The molecule has 1 aliphatic rings. The number of benzene rings is 1. The van der Waals surface area contributed by atoms with E-state index in [-0.39, 0.29) is 6.10 Å². The number of nitrogens with one attached hydrogen (secondary N) is 2. The summed E-state index contributed by atoms with van der Waals surface area (Å²) >= 11 is 0. The van der Waals surface area contributed by atoms with Crippen molar-refractivity contribution in [2.75, 3.05) is 19.6 Å². The van der Waals surface area contributed by atoms with Crippen LogP contribution in [0.5, 0.6) is 5.75 Å². The fourth-order valence-electron chi connectivity index (χ4n) is 2.58. The number of ether oxygens (including phenoxy) is 1. The Morgan fingerprint density at radius 1 is 1.41 bits per heavy atom. The van der Waals surface area contributed by atoms with Crippen LogP contribution in [0.3, 0.4) is 0 Å². The molecule has 0 bridgehead atoms. The van der Waals surface area contributed by atoms with E-state index in [1.165, 1.54) is 0 Å². The predicted molar refractivity (Wildman–Crippen MR) is 87.7 cm³/mol. The van der Waals surface area contributed by atoms with Gasteiger partial charge in [-0.1, -0.05) is 0 Å². The third-order valence-corrected chi connectivity index (χ3v) is 5.20. The summed E-state index contributed by atoms with van der Waals surface area (Å²) in [5.74, 6) is 1.10. The maximum atomic E-state index is 12.4. The second-order valence-electron chi connectivity index (χ2n) is 6.16. The van der Waals surface area contributed by atoms with Crippen molar-refractivity contribution < 1.29 is 13.2 Å². The Bertz CT molecular complexity index is 593. The molecule has 0 saturated carbocycles. The molecule has 0 spiro atoms. The van der Waals surface area contributed by atoms with E-state index in [4.69, 9.17) is 4.74 Å². The zero-order valence-corrected chi connectivity index (χ0v) is 14.4. The average molecular weight is 326 g/mol. The third kappa shape index (κ3) is 4.69. The molecule has 0 radical (unpaired) electrons. The molecule has 1 saturated heterocycles. The highest BCUT2D eigenvalue weighted by molar-refractivity contribution is 7.89. The average Bonchev–Trinajstić information content (AvgIpc) is 2.48. The van der Waals surface area contributed by atoms with Crippen LogP contribution < -0.4 is 14.8 Å². The zero-order chi connectivity index (χ0) is 16.2. The lowest BCUT2D eigenvalue weighted by Gasteiger charge is -2.23. The van der Waals surface area contributed by atoms with Gasteiger partial charge in [-0.3, -0.25) is 0 Å². The van der Waals surface area contributed by atoms with Crippen LogP contribution in [0, 0.1) is 12.8 Å². The molecule has 6 heteroatoms. The van der Waals surface area contributed by atoms with E-state index in [1.54, 1.807) is 18.2 Å². The summed E-state index contributed by atoms with van der Waals surface area (Å²) in [5, 5.41) is 3.29. The Balaban J connectivity index is 2.03. The molecule has 5 nitrogen and oxygen atoms in total. The normalized spacial score (nSPS) is 19.4. The van der Waals surface area contributed by atoms with E-state index in [1.807, 2.05) is 20.8 Å². The molecule has 1 heterocycles. The van der Waals surface area contributed by atoms with Gasteiger partial charge in [0.2, 0.25) is 10.0 Å². The van der Waals surface area contributed by atoms with Crippen molar-refractivity contribution in [3.63, 3.8) is 0 Å². The first-order valence-corrected chi connectivity index (χ1v) is 9.34. The first kappa shape index (κ1) is 17.2. The molecule has 1 fully saturated rings. The van der Waals surface area contributed by atoms with E-state index in [0.717, 1.165) is 37.2 Å². The molecule has 1 atom stereocenters. The van der Waals surface area contributed by atoms with Crippen molar-refractivity contribution >= 4 is 10.0 Å². The minimum absolute atomic E-state index is 0.0677. The SMILES string of the molecule is Cc1cc(S(=O)(=O)NCC2CCCNC2)ccc1OC(C)C. The maximum absolute atomic E-state index is 12.4. The first-order valence-electron chi connectivity index (χ1n) is 7.86. The van der Waals surface area contributed by atoms with E-state index in [2.05, 4.69) is 10.0 Å². The molecule has 1 aliphatic heterocycles. The quantitative estimate of drug-likeness (QED) is 0.840. The van der Waals surface area contributed by atoms with Crippen molar-refractivity contribution in [1.29, 1.82) is 0 Å². The number of rotatable bonds is 6. The van der Waals surface area contributed by atoms with Gasteiger partial charge < -0.3 is 10.1 Å². The molecule has 0 amide bonds. The van der Waals surface area contributed by atoms with Gasteiger partial charge in [0.15, 0.2) is 0 Å². The molecular weight excluding hydrogens is 300 g/mol. The topological polar surface area (TPSA) is 67.4 Å². The Kier molecular flexibility index (Phi) is 5.83. The lowest BCUT2D eigenvalue weighted by Crippen LogP contribution is -2.38. The minimum Gasteiger partial charge on any atom is -0.491 e. The van der Waals surface area contributed by atoms with Crippen LogP contribution in [-0.4, -0.2) is 34.2 Å². The summed E-state index contributed by atoms with van der Waals surface area (Å²) in [6.07, 6.45) is 2.24. The smallest absolute Gasteiger partial charge is 0.240 e. The number of piperidine rings is 1. The lowest BCUT2D eigenvalue weighted by molar-refractivity contribution is 0.240. The molecule has 22 heavy (non-hydrogen) atoms. The summed E-state index contributed by atoms with van der Waals surface area (Å²) in [7, 11) is -3.46. The summed E-state index contributed by atoms with van der Waals surface area (Å²) in [4.78, 5) is 0.296. The summed E-state index contributed by atoms with van der Waals surface area (Å²) in [6.45, 7) is 8.15. The Labute approximate surface area is 133 Å². The maximum Gasteiger partial charge on any atom is 0.240 e. The lowest BCUT2D eigenvalue weighted by atomic mass is 10.0. The number of sulfonamides is 1. The van der Waals surface area contributed by atoms with Crippen LogP contribution in [0.15, 0.2) is 23.1 Å². The van der Waals surface area contributed by atoms with Crippen molar-refractivity contribution in [2.45, 2.75) is 44.6 Å². The zero-order valence-electron chi connectivity index (χ0n) is 13.6. The molecule has 1 unspecified atom stereocenters. The van der Waals surface area contributed by atoms with Crippen LogP contribution in [0.25, 0.3) is 0 Å². The van der Waals surface area contributed by atoms with Gasteiger partial charge in [-0.15, -0.1) is 0 Å². The van der Waals surface area contributed by atoms with Crippen molar-refractivity contribution in [1.82, 2.24) is 10.0 Å². The third-order valence-electron chi connectivity index (χ3n) is 3.78. The van der Waals surface area contributed by atoms with Crippen LogP contribution in [0.2, 0.25) is 0 Å². The van der Waals surface area contributed by atoms with Crippen molar-refractivity contribution in [3.8, 4) is 5.75 Å². The highest BCUT2D eigenvalue weighted by Crippen LogP contribution is 2.23. The molecule has 1 aromatic rings. The van der Waals surface area contributed by atoms with Crippen LogP contribution in [0.1, 0.15) is 32.3 Å². The molecule has 2 rings (SSSR count). The Hall–Kier alpha value is -1.11. The predicted octanol–water partition coefficient (Wildman–Crippen LogP) is 2.06. The van der Waals surface area contributed by atoms with Crippen LogP contribution in [0.4, 0.5) is 0 Å². The van der Waals surface area contributed by atoms with Gasteiger partial charge in [0.25, 0.3) is 0 Å².